The molecule has 2 fully saturated rings. The first-order valence-corrected chi connectivity index (χ1v) is 13.7. The zero-order chi connectivity index (χ0) is 25.2. The molecule has 9 nitrogen and oxygen atoms in total. The number of hydrogen-bond donors (Lipinski definition) is 4. The van der Waals surface area contributed by atoms with Gasteiger partial charge in [0.25, 0.3) is 0 Å². The van der Waals surface area contributed by atoms with E-state index >= 15 is 0 Å². The molecule has 1 amide bonds. The number of sulfonamides is 1. The molecule has 0 aliphatic carbocycles. The Kier molecular flexibility index (Phi) is 10.9. The minimum Gasteiger partial charge on any atom is -0.377 e. The van der Waals surface area contributed by atoms with Gasteiger partial charge < -0.3 is 20.4 Å². The van der Waals surface area contributed by atoms with Crippen molar-refractivity contribution in [2.75, 3.05) is 45.2 Å². The summed E-state index contributed by atoms with van der Waals surface area (Å²) in [6, 6.07) is 10.3. The Labute approximate surface area is 232 Å². The number of benzene rings is 2. The zero-order valence-electron chi connectivity index (χ0n) is 21.5. The third-order valence-electron chi connectivity index (χ3n) is 7.12. The Hall–Kier alpha value is -2.27. The maximum atomic E-state index is 13.7. The third-order valence-corrected chi connectivity index (χ3v) is 8.67. The van der Waals surface area contributed by atoms with Gasteiger partial charge in [0, 0.05) is 75.1 Å². The van der Waals surface area contributed by atoms with Gasteiger partial charge in [0.2, 0.25) is 15.9 Å². The molecule has 0 spiro atoms. The van der Waals surface area contributed by atoms with Gasteiger partial charge >= 0.3 is 0 Å². The summed E-state index contributed by atoms with van der Waals surface area (Å²) in [4.78, 5) is 17.2. The number of piperidine rings is 1. The summed E-state index contributed by atoms with van der Waals surface area (Å²) in [7, 11) is -0.0682. The Morgan fingerprint density at radius 2 is 1.68 bits per heavy atom. The van der Waals surface area contributed by atoms with Gasteiger partial charge in [0.05, 0.1) is 4.90 Å². The van der Waals surface area contributed by atoms with Crippen LogP contribution in [0, 0.1) is 17.2 Å². The molecular weight excluding hydrogens is 535 g/mol. The molecule has 1 unspecified atom stereocenters. The highest BCUT2D eigenvalue weighted by Gasteiger charge is 2.33. The number of hydrogen-bond acceptors (Lipinski definition) is 5. The minimum absolute atomic E-state index is 0. The highest BCUT2D eigenvalue weighted by molar-refractivity contribution is 7.89. The first kappa shape index (κ1) is 31.0. The van der Waals surface area contributed by atoms with E-state index in [0.717, 1.165) is 23.9 Å². The van der Waals surface area contributed by atoms with Crippen LogP contribution in [0.1, 0.15) is 26.2 Å². The monoisotopic (exact) mass is 572 g/mol. The van der Waals surface area contributed by atoms with Crippen LogP contribution in [0.4, 0.5) is 5.69 Å². The van der Waals surface area contributed by atoms with Crippen LogP contribution in [-0.4, -0.2) is 71.5 Å². The lowest BCUT2D eigenvalue weighted by atomic mass is 9.94. The van der Waals surface area contributed by atoms with Crippen molar-refractivity contribution in [1.29, 1.82) is 5.41 Å². The second-order valence-corrected chi connectivity index (χ2v) is 11.6. The summed E-state index contributed by atoms with van der Waals surface area (Å²) < 4.78 is 30.3. The Morgan fingerprint density at radius 3 is 2.30 bits per heavy atom. The van der Waals surface area contributed by atoms with Crippen LogP contribution >= 0.6 is 24.8 Å². The first-order chi connectivity index (χ1) is 16.7. The molecular formula is C25H38Cl2N6O3S. The van der Waals surface area contributed by atoms with Crippen molar-refractivity contribution in [1.82, 2.24) is 20.3 Å². The normalized spacial score (nSPS) is 19.2. The largest absolute Gasteiger partial charge is 0.377 e. The number of nitrogens with one attached hydrogen (secondary N) is 4. The van der Waals surface area contributed by atoms with Crippen LogP contribution in [0.25, 0.3) is 10.8 Å². The molecule has 0 bridgehead atoms. The van der Waals surface area contributed by atoms with E-state index in [0.29, 0.717) is 37.5 Å². The minimum atomic E-state index is -3.93. The molecule has 2 aliphatic rings. The third kappa shape index (κ3) is 7.19. The van der Waals surface area contributed by atoms with E-state index in [4.69, 9.17) is 5.41 Å². The van der Waals surface area contributed by atoms with Crippen LogP contribution in [0.2, 0.25) is 0 Å². The van der Waals surface area contributed by atoms with E-state index in [-0.39, 0.29) is 53.9 Å². The van der Waals surface area contributed by atoms with Gasteiger partial charge in [-0.15, -0.1) is 24.8 Å². The molecule has 0 aromatic heterocycles. The lowest BCUT2D eigenvalue weighted by Crippen LogP contribution is -2.56. The summed E-state index contributed by atoms with van der Waals surface area (Å²) in [6.45, 7) is 4.45. The molecule has 0 radical (unpaired) electrons. The van der Waals surface area contributed by atoms with Gasteiger partial charge in [0.15, 0.2) is 5.96 Å². The number of carbonyl (C=O) groups is 1. The Balaban J connectivity index is 0.00000241. The summed E-state index contributed by atoms with van der Waals surface area (Å²) in [5.41, 5.74) is 0.935. The molecule has 0 saturated carbocycles. The van der Waals surface area contributed by atoms with Crippen molar-refractivity contribution < 1.29 is 13.2 Å². The highest BCUT2D eigenvalue weighted by atomic mass is 35.5. The quantitative estimate of drug-likeness (QED) is 0.405. The molecule has 2 aliphatic heterocycles. The van der Waals surface area contributed by atoms with E-state index in [2.05, 4.69) is 22.3 Å². The molecule has 4 rings (SSSR count). The summed E-state index contributed by atoms with van der Waals surface area (Å²) in [5.74, 6) is 0.603. The topological polar surface area (TPSA) is 118 Å². The van der Waals surface area contributed by atoms with Crippen LogP contribution in [0.5, 0.6) is 0 Å². The van der Waals surface area contributed by atoms with Gasteiger partial charge in [-0.3, -0.25) is 10.2 Å². The molecule has 206 valence electrons. The number of amides is 1. The predicted octanol–water partition coefficient (Wildman–Crippen LogP) is 2.79. The molecule has 2 heterocycles. The lowest BCUT2D eigenvalue weighted by Gasteiger charge is -2.35. The molecule has 1 atom stereocenters. The highest BCUT2D eigenvalue weighted by Crippen LogP contribution is 2.30. The molecule has 12 heteroatoms. The van der Waals surface area contributed by atoms with Crippen molar-refractivity contribution in [3.63, 3.8) is 0 Å². The predicted molar refractivity (Wildman–Crippen MR) is 154 cm³/mol. The number of likely N-dealkylation sites (tertiary alicyclic amines) is 1. The molecule has 4 N–H and O–H groups in total. The molecule has 2 saturated heterocycles. The van der Waals surface area contributed by atoms with E-state index in [9.17, 15) is 13.2 Å². The SMILES string of the molecule is CC1CCN(C(=O)CC(NS(=O)(=O)c2cccc3c(N(C)C)cccc23)C2CNC(=N)NC2)CC1.Cl.Cl. The van der Waals surface area contributed by atoms with E-state index in [1.54, 1.807) is 12.1 Å². The number of nitrogens with zero attached hydrogens (tertiary/aromatic N) is 2. The second-order valence-electron chi connectivity index (χ2n) is 9.91. The van der Waals surface area contributed by atoms with Crippen molar-refractivity contribution >= 4 is 63.2 Å². The summed E-state index contributed by atoms with van der Waals surface area (Å²) in [6.07, 6.45) is 2.02. The Morgan fingerprint density at radius 1 is 1.08 bits per heavy atom. The number of anilines is 1. The van der Waals surface area contributed by atoms with Gasteiger partial charge in [-0.2, -0.15) is 0 Å². The number of guanidine groups is 1. The average molecular weight is 574 g/mol. The second kappa shape index (κ2) is 13.0. The van der Waals surface area contributed by atoms with Gasteiger partial charge in [-0.25, -0.2) is 13.1 Å². The fraction of sp³-hybridized carbons (Fsp3) is 0.520. The standard InChI is InChI=1S/C25H36N6O3S.2ClH/c1-17-10-12-31(13-11-17)24(32)14-21(18-15-27-25(26)28-16-18)29-35(33,34)23-9-5-6-19-20(23)7-4-8-22(19)30(2)3;;/h4-9,17-18,21,29H,10-16H2,1-3H3,(H3,26,27,28);2*1H. The van der Waals surface area contributed by atoms with E-state index < -0.39 is 16.1 Å². The van der Waals surface area contributed by atoms with Crippen LogP contribution in [0.15, 0.2) is 41.3 Å². The summed E-state index contributed by atoms with van der Waals surface area (Å²) >= 11 is 0. The number of fused-ring (bicyclic) bond motifs is 1. The molecule has 37 heavy (non-hydrogen) atoms. The van der Waals surface area contributed by atoms with Crippen molar-refractivity contribution in [2.45, 2.75) is 37.1 Å². The molecule has 2 aromatic carbocycles. The van der Waals surface area contributed by atoms with Gasteiger partial charge in [-0.1, -0.05) is 31.2 Å². The fourth-order valence-electron chi connectivity index (χ4n) is 4.92. The maximum absolute atomic E-state index is 13.7. The van der Waals surface area contributed by atoms with E-state index in [1.807, 2.05) is 48.2 Å². The number of carbonyl (C=O) groups excluding carboxylic acids is 1. The fourth-order valence-corrected chi connectivity index (χ4v) is 6.44. The zero-order valence-corrected chi connectivity index (χ0v) is 23.9. The van der Waals surface area contributed by atoms with Gasteiger partial charge in [-0.05, 0) is 30.9 Å². The van der Waals surface area contributed by atoms with Crippen LogP contribution in [0.3, 0.4) is 0 Å². The van der Waals surface area contributed by atoms with E-state index in [1.165, 1.54) is 0 Å². The maximum Gasteiger partial charge on any atom is 0.241 e. The summed E-state index contributed by atoms with van der Waals surface area (Å²) in [5, 5.41) is 15.2. The van der Waals surface area contributed by atoms with Crippen LogP contribution < -0.4 is 20.3 Å². The van der Waals surface area contributed by atoms with Crippen LogP contribution in [-0.2, 0) is 14.8 Å². The lowest BCUT2D eigenvalue weighted by molar-refractivity contribution is -0.133. The number of rotatable bonds is 7. The van der Waals surface area contributed by atoms with Crippen molar-refractivity contribution in [3.05, 3.63) is 36.4 Å². The molecule has 2 aromatic rings. The van der Waals surface area contributed by atoms with Crippen molar-refractivity contribution in [2.24, 2.45) is 11.8 Å². The van der Waals surface area contributed by atoms with Crippen molar-refractivity contribution in [3.8, 4) is 0 Å². The van der Waals surface area contributed by atoms with Gasteiger partial charge in [0.1, 0.15) is 0 Å². The number of halogens is 2. The average Bonchev–Trinajstić information content (AvgIpc) is 2.83. The Bertz CT molecular complexity index is 1190. The first-order valence-electron chi connectivity index (χ1n) is 12.2. The smallest absolute Gasteiger partial charge is 0.241 e.